The molecule has 23 heavy (non-hydrogen) atoms. The van der Waals surface area contributed by atoms with Crippen LogP contribution >= 0.6 is 0 Å². The van der Waals surface area contributed by atoms with Gasteiger partial charge in [-0.15, -0.1) is 10.2 Å². The van der Waals surface area contributed by atoms with Crippen molar-refractivity contribution in [2.75, 3.05) is 13.7 Å². The van der Waals surface area contributed by atoms with Crippen LogP contribution in [0.1, 0.15) is 59.8 Å². The third-order valence-corrected chi connectivity index (χ3v) is 4.26. The van der Waals surface area contributed by atoms with Crippen molar-refractivity contribution < 1.29 is 14.1 Å². The molecule has 8 heteroatoms. The number of rotatable bonds is 4. The SMILES string of the molecule is COc1ccc(C(=O)N2CCCC2c2noc(C3CC3)n2)nn1. The number of carbonyl (C=O) groups excluding carboxylic acids is 1. The minimum absolute atomic E-state index is 0.150. The number of carbonyl (C=O) groups is 1. The second kappa shape index (κ2) is 5.60. The summed E-state index contributed by atoms with van der Waals surface area (Å²) >= 11 is 0. The first-order valence-corrected chi connectivity index (χ1v) is 7.78. The van der Waals surface area contributed by atoms with Crippen LogP contribution in [-0.2, 0) is 0 Å². The summed E-state index contributed by atoms with van der Waals surface area (Å²) in [4.78, 5) is 18.9. The Bertz CT molecular complexity index is 710. The maximum absolute atomic E-state index is 12.7. The van der Waals surface area contributed by atoms with Gasteiger partial charge in [-0.25, -0.2) is 0 Å². The second-order valence-electron chi connectivity index (χ2n) is 5.88. The molecule has 4 rings (SSSR count). The smallest absolute Gasteiger partial charge is 0.274 e. The fourth-order valence-corrected chi connectivity index (χ4v) is 2.85. The van der Waals surface area contributed by atoms with Gasteiger partial charge in [0, 0.05) is 18.5 Å². The summed E-state index contributed by atoms with van der Waals surface area (Å²) in [5.41, 5.74) is 0.295. The van der Waals surface area contributed by atoms with Crippen molar-refractivity contribution in [3.05, 3.63) is 29.5 Å². The van der Waals surface area contributed by atoms with E-state index in [0.29, 0.717) is 35.8 Å². The van der Waals surface area contributed by atoms with Crippen molar-refractivity contribution in [1.82, 2.24) is 25.2 Å². The zero-order chi connectivity index (χ0) is 15.8. The predicted molar refractivity (Wildman–Crippen MR) is 77.9 cm³/mol. The van der Waals surface area contributed by atoms with Crippen molar-refractivity contribution in [3.8, 4) is 5.88 Å². The van der Waals surface area contributed by atoms with Gasteiger partial charge in [-0.3, -0.25) is 4.79 Å². The van der Waals surface area contributed by atoms with Gasteiger partial charge in [-0.2, -0.15) is 4.98 Å². The molecule has 2 aromatic rings. The maximum atomic E-state index is 12.7. The second-order valence-corrected chi connectivity index (χ2v) is 5.88. The van der Waals surface area contributed by atoms with Gasteiger partial charge in [0.1, 0.15) is 0 Å². The zero-order valence-corrected chi connectivity index (χ0v) is 12.8. The molecule has 1 saturated carbocycles. The van der Waals surface area contributed by atoms with E-state index in [2.05, 4.69) is 20.3 Å². The highest BCUT2D eigenvalue weighted by molar-refractivity contribution is 5.92. The molecule has 2 fully saturated rings. The number of amides is 1. The number of aromatic nitrogens is 4. The lowest BCUT2D eigenvalue weighted by molar-refractivity contribution is 0.0721. The van der Waals surface area contributed by atoms with Crippen LogP contribution in [0, 0.1) is 0 Å². The average Bonchev–Trinajstić information content (AvgIpc) is 3.13. The van der Waals surface area contributed by atoms with E-state index in [0.717, 1.165) is 25.7 Å². The number of ether oxygens (including phenoxy) is 1. The van der Waals surface area contributed by atoms with E-state index in [1.54, 1.807) is 17.0 Å². The Morgan fingerprint density at radius 2 is 2.17 bits per heavy atom. The van der Waals surface area contributed by atoms with Gasteiger partial charge < -0.3 is 14.2 Å². The molecule has 1 atom stereocenters. The molecule has 0 aromatic carbocycles. The normalized spacial score (nSPS) is 20.7. The monoisotopic (exact) mass is 315 g/mol. The fraction of sp³-hybridized carbons (Fsp3) is 0.533. The summed E-state index contributed by atoms with van der Waals surface area (Å²) in [7, 11) is 1.51. The fourth-order valence-electron chi connectivity index (χ4n) is 2.85. The van der Waals surface area contributed by atoms with Gasteiger partial charge in [-0.1, -0.05) is 5.16 Å². The molecular weight excluding hydrogens is 298 g/mol. The average molecular weight is 315 g/mol. The van der Waals surface area contributed by atoms with E-state index in [1.165, 1.54) is 7.11 Å². The van der Waals surface area contributed by atoms with E-state index < -0.39 is 0 Å². The minimum atomic E-state index is -0.166. The van der Waals surface area contributed by atoms with Gasteiger partial charge in [0.05, 0.1) is 13.2 Å². The number of hydrogen-bond acceptors (Lipinski definition) is 7. The van der Waals surface area contributed by atoms with E-state index in [9.17, 15) is 4.79 Å². The van der Waals surface area contributed by atoms with Gasteiger partial charge in [0.15, 0.2) is 11.5 Å². The molecule has 1 aliphatic heterocycles. The van der Waals surface area contributed by atoms with Crippen LogP contribution in [0.25, 0.3) is 0 Å². The van der Waals surface area contributed by atoms with Gasteiger partial charge in [0.2, 0.25) is 11.8 Å². The first-order valence-electron chi connectivity index (χ1n) is 7.78. The van der Waals surface area contributed by atoms with Crippen LogP contribution in [0.5, 0.6) is 5.88 Å². The van der Waals surface area contributed by atoms with Crippen LogP contribution in [-0.4, -0.2) is 44.8 Å². The lowest BCUT2D eigenvalue weighted by atomic mass is 10.2. The van der Waals surface area contributed by atoms with Crippen molar-refractivity contribution in [3.63, 3.8) is 0 Å². The minimum Gasteiger partial charge on any atom is -0.480 e. The predicted octanol–water partition coefficient (Wildman–Crippen LogP) is 1.72. The molecule has 1 aliphatic carbocycles. The molecule has 3 heterocycles. The Morgan fingerprint density at radius 1 is 1.30 bits per heavy atom. The molecule has 1 saturated heterocycles. The van der Waals surface area contributed by atoms with Crippen molar-refractivity contribution in [2.45, 2.75) is 37.6 Å². The first-order chi connectivity index (χ1) is 11.3. The van der Waals surface area contributed by atoms with E-state index >= 15 is 0 Å². The molecular formula is C15H17N5O3. The standard InChI is InChI=1S/C15H17N5O3/c1-22-12-7-6-10(17-18-12)15(21)20-8-2-3-11(20)13-16-14(23-19-13)9-4-5-9/h6-7,9,11H,2-5,8H2,1H3. The van der Waals surface area contributed by atoms with Crippen molar-refractivity contribution in [1.29, 1.82) is 0 Å². The Balaban J connectivity index is 1.54. The van der Waals surface area contributed by atoms with Gasteiger partial charge >= 0.3 is 0 Å². The summed E-state index contributed by atoms with van der Waals surface area (Å²) in [5, 5.41) is 11.9. The Labute approximate surface area is 132 Å². The molecule has 2 aromatic heterocycles. The summed E-state index contributed by atoms with van der Waals surface area (Å²) in [6.45, 7) is 0.657. The van der Waals surface area contributed by atoms with Crippen LogP contribution in [0.15, 0.2) is 16.7 Å². The highest BCUT2D eigenvalue weighted by Gasteiger charge is 2.36. The summed E-state index contributed by atoms with van der Waals surface area (Å²) in [5.74, 6) is 1.92. The van der Waals surface area contributed by atoms with Crippen molar-refractivity contribution in [2.24, 2.45) is 0 Å². The molecule has 0 spiro atoms. The maximum Gasteiger partial charge on any atom is 0.274 e. The highest BCUT2D eigenvalue weighted by Crippen LogP contribution is 2.40. The number of methoxy groups -OCH3 is 1. The Hall–Kier alpha value is -2.51. The van der Waals surface area contributed by atoms with Crippen LogP contribution in [0.4, 0.5) is 0 Å². The van der Waals surface area contributed by atoms with Crippen LogP contribution in [0.3, 0.4) is 0 Å². The zero-order valence-electron chi connectivity index (χ0n) is 12.8. The summed E-state index contributed by atoms with van der Waals surface area (Å²) in [6, 6.07) is 3.10. The molecule has 1 amide bonds. The lowest BCUT2D eigenvalue weighted by Gasteiger charge is -2.21. The summed E-state index contributed by atoms with van der Waals surface area (Å²) in [6.07, 6.45) is 3.96. The number of likely N-dealkylation sites (tertiary alicyclic amines) is 1. The Kier molecular flexibility index (Phi) is 3.44. The molecule has 0 bridgehead atoms. The van der Waals surface area contributed by atoms with Gasteiger partial charge in [0.25, 0.3) is 5.91 Å². The third kappa shape index (κ3) is 2.64. The molecule has 0 radical (unpaired) electrons. The number of hydrogen-bond donors (Lipinski definition) is 0. The molecule has 0 N–H and O–H groups in total. The third-order valence-electron chi connectivity index (χ3n) is 4.26. The summed E-state index contributed by atoms with van der Waals surface area (Å²) < 4.78 is 10.3. The molecule has 120 valence electrons. The van der Waals surface area contributed by atoms with Crippen LogP contribution < -0.4 is 4.74 Å². The molecule has 2 aliphatic rings. The van der Waals surface area contributed by atoms with E-state index in [-0.39, 0.29) is 11.9 Å². The molecule has 8 nitrogen and oxygen atoms in total. The van der Waals surface area contributed by atoms with E-state index in [4.69, 9.17) is 9.26 Å². The van der Waals surface area contributed by atoms with Crippen LogP contribution in [0.2, 0.25) is 0 Å². The Morgan fingerprint density at radius 3 is 2.87 bits per heavy atom. The highest BCUT2D eigenvalue weighted by atomic mass is 16.5. The molecule has 1 unspecified atom stereocenters. The quantitative estimate of drug-likeness (QED) is 0.847. The van der Waals surface area contributed by atoms with E-state index in [1.807, 2.05) is 0 Å². The number of nitrogens with zero attached hydrogens (tertiary/aromatic N) is 5. The lowest BCUT2D eigenvalue weighted by Crippen LogP contribution is -2.31. The van der Waals surface area contributed by atoms with Crippen molar-refractivity contribution >= 4 is 5.91 Å². The largest absolute Gasteiger partial charge is 0.480 e. The topological polar surface area (TPSA) is 94.2 Å². The first kappa shape index (κ1) is 14.1. The van der Waals surface area contributed by atoms with Gasteiger partial charge in [-0.05, 0) is 31.7 Å².